The van der Waals surface area contributed by atoms with Crippen LogP contribution >= 0.6 is 22.9 Å². The van der Waals surface area contributed by atoms with E-state index >= 15 is 0 Å². The van der Waals surface area contributed by atoms with Crippen LogP contribution in [-0.2, 0) is 10.0 Å². The smallest absolute Gasteiger partial charge is 0.263 e. The highest BCUT2D eigenvalue weighted by Gasteiger charge is 2.26. The molecule has 8 nitrogen and oxygen atoms in total. The molecule has 3 aromatic rings. The van der Waals surface area contributed by atoms with Crippen molar-refractivity contribution >= 4 is 49.5 Å². The fourth-order valence-corrected chi connectivity index (χ4v) is 4.79. The highest BCUT2D eigenvalue weighted by atomic mass is 35.5. The number of aromatic nitrogens is 2. The van der Waals surface area contributed by atoms with Crippen LogP contribution < -0.4 is 19.1 Å². The molecule has 0 saturated carbocycles. The van der Waals surface area contributed by atoms with E-state index in [0.29, 0.717) is 46.3 Å². The molecule has 28 heavy (non-hydrogen) atoms. The number of benzene rings is 1. The molecule has 0 fully saturated rings. The summed E-state index contributed by atoms with van der Waals surface area (Å²) in [5.41, 5.74) is 1.37. The summed E-state index contributed by atoms with van der Waals surface area (Å²) in [6, 6.07) is 6.44. The van der Waals surface area contributed by atoms with Gasteiger partial charge < -0.3 is 14.4 Å². The summed E-state index contributed by atoms with van der Waals surface area (Å²) in [6.45, 7) is 0.904. The Morgan fingerprint density at radius 3 is 2.89 bits per heavy atom. The molecule has 0 radical (unpaired) electrons. The van der Waals surface area contributed by atoms with Crippen molar-refractivity contribution in [3.05, 3.63) is 47.1 Å². The zero-order valence-electron chi connectivity index (χ0n) is 14.6. The molecule has 0 aliphatic carbocycles. The highest BCUT2D eigenvalue weighted by molar-refractivity contribution is 7.93. The molecule has 0 atom stereocenters. The maximum Gasteiger partial charge on any atom is 0.263 e. The summed E-state index contributed by atoms with van der Waals surface area (Å²) in [4.78, 5) is 10.2. The molecule has 0 saturated heterocycles. The van der Waals surface area contributed by atoms with E-state index in [4.69, 9.17) is 21.1 Å². The number of hydrogen-bond donors (Lipinski definition) is 1. The van der Waals surface area contributed by atoms with Gasteiger partial charge in [-0.1, -0.05) is 11.6 Å². The summed E-state index contributed by atoms with van der Waals surface area (Å²) in [7, 11) is -2.25. The fourth-order valence-electron chi connectivity index (χ4n) is 2.83. The van der Waals surface area contributed by atoms with E-state index in [-0.39, 0.29) is 4.90 Å². The lowest BCUT2D eigenvalue weighted by molar-refractivity contribution is 0.312. The molecule has 2 aromatic heterocycles. The van der Waals surface area contributed by atoms with Crippen LogP contribution in [0.5, 0.6) is 11.6 Å². The van der Waals surface area contributed by atoms with Gasteiger partial charge in [0.1, 0.15) is 18.0 Å². The summed E-state index contributed by atoms with van der Waals surface area (Å²) >= 11 is 7.31. The van der Waals surface area contributed by atoms with E-state index in [9.17, 15) is 8.42 Å². The number of nitrogens with zero attached hydrogens (tertiary/aromatic N) is 3. The van der Waals surface area contributed by atoms with Crippen molar-refractivity contribution in [2.75, 3.05) is 29.9 Å². The standard InChI is InChI=1S/C17H15ClN4O4S2/c1-25-16-14(8-11(18)10-20-16)22-5-6-26-15-9-12(2-3-13(15)22)28(23,24)21-17-19-4-7-27-17/h2-4,7-10H,5-6H2,1H3,(H,19,21). The monoisotopic (exact) mass is 438 g/mol. The number of nitrogens with one attached hydrogen (secondary N) is 1. The molecule has 11 heteroatoms. The minimum atomic E-state index is -3.78. The third-order valence-corrected chi connectivity index (χ3v) is 6.40. The third-order valence-electron chi connectivity index (χ3n) is 4.04. The van der Waals surface area contributed by atoms with Crippen LogP contribution in [0.15, 0.2) is 46.9 Å². The summed E-state index contributed by atoms with van der Waals surface area (Å²) in [5, 5.41) is 2.46. The van der Waals surface area contributed by atoms with Gasteiger partial charge in [0.2, 0.25) is 5.88 Å². The van der Waals surface area contributed by atoms with Crippen molar-refractivity contribution < 1.29 is 17.9 Å². The number of sulfonamides is 1. The minimum absolute atomic E-state index is 0.0829. The zero-order chi connectivity index (χ0) is 19.7. The predicted molar refractivity (Wildman–Crippen MR) is 108 cm³/mol. The van der Waals surface area contributed by atoms with Gasteiger partial charge in [-0.3, -0.25) is 4.72 Å². The lowest BCUT2D eigenvalue weighted by atomic mass is 10.2. The fraction of sp³-hybridized carbons (Fsp3) is 0.176. The first-order valence-corrected chi connectivity index (χ1v) is 10.9. The van der Waals surface area contributed by atoms with Crippen molar-refractivity contribution in [2.24, 2.45) is 0 Å². The van der Waals surface area contributed by atoms with Gasteiger partial charge >= 0.3 is 0 Å². The van der Waals surface area contributed by atoms with Gasteiger partial charge in [-0.2, -0.15) is 0 Å². The molecule has 4 rings (SSSR count). The first kappa shape index (κ1) is 18.8. The molecule has 1 aromatic carbocycles. The molecule has 1 aliphatic rings. The van der Waals surface area contributed by atoms with Crippen LogP contribution in [0.3, 0.4) is 0 Å². The number of anilines is 3. The van der Waals surface area contributed by atoms with Gasteiger partial charge in [0, 0.05) is 23.8 Å². The molecule has 1 aliphatic heterocycles. The molecule has 0 amide bonds. The highest BCUT2D eigenvalue weighted by Crippen LogP contribution is 2.41. The van der Waals surface area contributed by atoms with Crippen LogP contribution in [0, 0.1) is 0 Å². The molecule has 3 heterocycles. The van der Waals surface area contributed by atoms with E-state index in [1.807, 2.05) is 4.90 Å². The summed E-state index contributed by atoms with van der Waals surface area (Å²) in [5.74, 6) is 0.856. The second-order valence-corrected chi connectivity index (χ2v) is 8.77. The minimum Gasteiger partial charge on any atom is -0.489 e. The van der Waals surface area contributed by atoms with Crippen LogP contribution in [0.25, 0.3) is 0 Å². The molecule has 0 bridgehead atoms. The Bertz CT molecular complexity index is 1110. The molecule has 0 spiro atoms. The average molecular weight is 439 g/mol. The van der Waals surface area contributed by atoms with E-state index in [1.165, 1.54) is 43.0 Å². The Labute approximate surface area is 170 Å². The second kappa shape index (κ2) is 7.46. The van der Waals surface area contributed by atoms with Gasteiger partial charge in [0.05, 0.1) is 29.3 Å². The molecule has 1 N–H and O–H groups in total. The summed E-state index contributed by atoms with van der Waals surface area (Å²) < 4.78 is 38.7. The number of ether oxygens (including phenoxy) is 2. The van der Waals surface area contributed by atoms with Crippen molar-refractivity contribution in [2.45, 2.75) is 4.90 Å². The van der Waals surface area contributed by atoms with Gasteiger partial charge in [-0.15, -0.1) is 11.3 Å². The van der Waals surface area contributed by atoms with E-state index < -0.39 is 10.0 Å². The number of hydrogen-bond acceptors (Lipinski definition) is 8. The van der Waals surface area contributed by atoms with Crippen LogP contribution in [0.2, 0.25) is 5.02 Å². The second-order valence-electron chi connectivity index (χ2n) is 5.75. The Kier molecular flexibility index (Phi) is 5.00. The molecule has 146 valence electrons. The number of fused-ring (bicyclic) bond motifs is 1. The first-order valence-electron chi connectivity index (χ1n) is 8.14. The molecular formula is C17H15ClN4O4S2. The third kappa shape index (κ3) is 3.58. The lowest BCUT2D eigenvalue weighted by Crippen LogP contribution is -2.29. The lowest BCUT2D eigenvalue weighted by Gasteiger charge is -2.32. The zero-order valence-corrected chi connectivity index (χ0v) is 17.0. The normalized spacial score (nSPS) is 13.6. The first-order chi connectivity index (χ1) is 13.5. The topological polar surface area (TPSA) is 93.7 Å². The molecule has 0 unspecified atom stereocenters. The molecular weight excluding hydrogens is 424 g/mol. The van der Waals surface area contributed by atoms with Crippen molar-refractivity contribution in [3.8, 4) is 11.6 Å². The number of thiazole rings is 1. The maximum absolute atomic E-state index is 12.6. The maximum atomic E-state index is 12.6. The number of pyridine rings is 1. The SMILES string of the molecule is COc1ncc(Cl)cc1N1CCOc2cc(S(=O)(=O)Nc3nccs3)ccc21. The van der Waals surface area contributed by atoms with Crippen molar-refractivity contribution in [1.82, 2.24) is 9.97 Å². The van der Waals surface area contributed by atoms with E-state index in [2.05, 4.69) is 14.7 Å². The summed E-state index contributed by atoms with van der Waals surface area (Å²) in [6.07, 6.45) is 3.04. The van der Waals surface area contributed by atoms with Gasteiger partial charge in [-0.05, 0) is 18.2 Å². The van der Waals surface area contributed by atoms with Crippen LogP contribution in [-0.4, -0.2) is 38.6 Å². The van der Waals surface area contributed by atoms with Crippen molar-refractivity contribution in [1.29, 1.82) is 0 Å². The predicted octanol–water partition coefficient (Wildman–Crippen LogP) is 3.53. The van der Waals surface area contributed by atoms with Gasteiger partial charge in [-0.25, -0.2) is 18.4 Å². The number of rotatable bonds is 5. The Morgan fingerprint density at radius 2 is 2.14 bits per heavy atom. The van der Waals surface area contributed by atoms with Crippen molar-refractivity contribution in [3.63, 3.8) is 0 Å². The largest absolute Gasteiger partial charge is 0.489 e. The number of methoxy groups -OCH3 is 1. The van der Waals surface area contributed by atoms with Gasteiger partial charge in [0.25, 0.3) is 10.0 Å². The van der Waals surface area contributed by atoms with Crippen LogP contribution in [0.1, 0.15) is 0 Å². The van der Waals surface area contributed by atoms with E-state index in [0.717, 1.165) is 0 Å². The number of halogens is 1. The average Bonchev–Trinajstić information content (AvgIpc) is 3.19. The van der Waals surface area contributed by atoms with Gasteiger partial charge in [0.15, 0.2) is 5.13 Å². The Hall–Kier alpha value is -2.56. The quantitative estimate of drug-likeness (QED) is 0.651. The Balaban J connectivity index is 1.71. The van der Waals surface area contributed by atoms with Crippen LogP contribution in [0.4, 0.5) is 16.5 Å². The van der Waals surface area contributed by atoms with E-state index in [1.54, 1.807) is 17.5 Å². The Morgan fingerprint density at radius 1 is 1.29 bits per heavy atom.